The van der Waals surface area contributed by atoms with Crippen molar-refractivity contribution in [3.8, 4) is 0 Å². The second kappa shape index (κ2) is 4.96. The topological polar surface area (TPSA) is 37.3 Å². The summed E-state index contributed by atoms with van der Waals surface area (Å²) in [5, 5.41) is 9.29. The van der Waals surface area contributed by atoms with Gasteiger partial charge in [0.1, 0.15) is 0 Å². The fraction of sp³-hybridized carbons (Fsp3) is 0.182. The standard InChI is InChI=1S/C11H11BrO2/c1-8-6-9(7-12)2-3-10(8)4-5-11(13)14/h2-6H,7H2,1H3,(H,13,14). The van der Waals surface area contributed by atoms with E-state index in [0.29, 0.717) is 0 Å². The molecule has 2 nitrogen and oxygen atoms in total. The molecule has 0 heterocycles. The minimum atomic E-state index is -0.922. The number of rotatable bonds is 3. The van der Waals surface area contributed by atoms with Gasteiger partial charge in [-0.25, -0.2) is 4.79 Å². The molecular formula is C11H11BrO2. The van der Waals surface area contributed by atoms with Crippen molar-refractivity contribution in [2.24, 2.45) is 0 Å². The van der Waals surface area contributed by atoms with Crippen LogP contribution in [0.4, 0.5) is 0 Å². The van der Waals surface area contributed by atoms with Gasteiger partial charge in [-0.1, -0.05) is 34.1 Å². The van der Waals surface area contributed by atoms with Crippen molar-refractivity contribution in [1.82, 2.24) is 0 Å². The molecule has 0 aliphatic carbocycles. The van der Waals surface area contributed by atoms with Crippen LogP contribution in [0.5, 0.6) is 0 Å². The lowest BCUT2D eigenvalue weighted by Gasteiger charge is -2.02. The average molecular weight is 255 g/mol. The van der Waals surface area contributed by atoms with E-state index in [1.165, 1.54) is 5.56 Å². The summed E-state index contributed by atoms with van der Waals surface area (Å²) in [4.78, 5) is 10.3. The molecule has 0 bridgehead atoms. The Bertz CT molecular complexity index is 370. The summed E-state index contributed by atoms with van der Waals surface area (Å²) < 4.78 is 0. The van der Waals surface area contributed by atoms with Crippen LogP contribution < -0.4 is 0 Å². The summed E-state index contributed by atoms with van der Waals surface area (Å²) in [7, 11) is 0. The Balaban J connectivity index is 2.94. The number of carbonyl (C=O) groups is 1. The molecule has 0 saturated heterocycles. The van der Waals surface area contributed by atoms with Gasteiger partial charge in [0.2, 0.25) is 0 Å². The summed E-state index contributed by atoms with van der Waals surface area (Å²) in [6.45, 7) is 1.97. The van der Waals surface area contributed by atoms with Crippen LogP contribution in [0.3, 0.4) is 0 Å². The first-order chi connectivity index (χ1) is 6.63. The number of alkyl halides is 1. The van der Waals surface area contributed by atoms with Crippen LogP contribution in [0.25, 0.3) is 6.08 Å². The maximum atomic E-state index is 10.3. The van der Waals surface area contributed by atoms with E-state index in [9.17, 15) is 4.79 Å². The predicted octanol–water partition coefficient (Wildman–Crippen LogP) is 2.99. The van der Waals surface area contributed by atoms with E-state index in [-0.39, 0.29) is 0 Å². The molecule has 1 aromatic rings. The van der Waals surface area contributed by atoms with E-state index >= 15 is 0 Å². The Labute approximate surface area is 91.4 Å². The molecule has 1 rings (SSSR count). The number of benzene rings is 1. The van der Waals surface area contributed by atoms with E-state index in [1.54, 1.807) is 6.08 Å². The molecule has 0 spiro atoms. The first kappa shape index (κ1) is 11.0. The molecule has 0 radical (unpaired) electrons. The van der Waals surface area contributed by atoms with Gasteiger partial charge in [-0.3, -0.25) is 0 Å². The number of carboxylic acid groups (broad SMARTS) is 1. The molecule has 0 aromatic heterocycles. The van der Waals surface area contributed by atoms with Crippen molar-refractivity contribution >= 4 is 28.0 Å². The molecule has 0 amide bonds. The monoisotopic (exact) mass is 254 g/mol. The van der Waals surface area contributed by atoms with Crippen LogP contribution in [-0.2, 0) is 10.1 Å². The number of carboxylic acids is 1. The largest absolute Gasteiger partial charge is 0.478 e. The fourth-order valence-electron chi connectivity index (χ4n) is 1.17. The SMILES string of the molecule is Cc1cc(CBr)ccc1C=CC(=O)O. The minimum absolute atomic E-state index is 0.816. The fourth-order valence-corrected chi connectivity index (χ4v) is 1.52. The first-order valence-corrected chi connectivity index (χ1v) is 5.32. The van der Waals surface area contributed by atoms with E-state index in [1.807, 2.05) is 25.1 Å². The van der Waals surface area contributed by atoms with Crippen LogP contribution in [0.1, 0.15) is 16.7 Å². The number of aliphatic carboxylic acids is 1. The van der Waals surface area contributed by atoms with Crippen LogP contribution >= 0.6 is 15.9 Å². The summed E-state index contributed by atoms with van der Waals surface area (Å²) in [5.74, 6) is -0.922. The van der Waals surface area contributed by atoms with E-state index in [4.69, 9.17) is 5.11 Å². The lowest BCUT2D eigenvalue weighted by Crippen LogP contribution is -1.88. The second-order valence-corrected chi connectivity index (χ2v) is 3.56. The Hall–Kier alpha value is -1.09. The number of hydrogen-bond acceptors (Lipinski definition) is 1. The first-order valence-electron chi connectivity index (χ1n) is 4.20. The van der Waals surface area contributed by atoms with E-state index < -0.39 is 5.97 Å². The van der Waals surface area contributed by atoms with Crippen molar-refractivity contribution in [1.29, 1.82) is 0 Å². The Morgan fingerprint density at radius 1 is 1.57 bits per heavy atom. The zero-order chi connectivity index (χ0) is 10.6. The van der Waals surface area contributed by atoms with Crippen molar-refractivity contribution in [3.63, 3.8) is 0 Å². The Kier molecular flexibility index (Phi) is 3.89. The highest BCUT2D eigenvalue weighted by Gasteiger charge is 1.96. The Morgan fingerprint density at radius 3 is 2.79 bits per heavy atom. The third-order valence-electron chi connectivity index (χ3n) is 1.89. The van der Waals surface area contributed by atoms with Crippen molar-refractivity contribution in [3.05, 3.63) is 41.0 Å². The van der Waals surface area contributed by atoms with Crippen LogP contribution in [0.2, 0.25) is 0 Å². The molecule has 14 heavy (non-hydrogen) atoms. The Morgan fingerprint density at radius 2 is 2.29 bits per heavy atom. The third-order valence-corrected chi connectivity index (χ3v) is 2.54. The van der Waals surface area contributed by atoms with Crippen molar-refractivity contribution in [2.45, 2.75) is 12.3 Å². The molecule has 3 heteroatoms. The number of hydrogen-bond donors (Lipinski definition) is 1. The molecule has 0 unspecified atom stereocenters. The molecule has 1 aromatic carbocycles. The highest BCUT2D eigenvalue weighted by atomic mass is 79.9. The van der Waals surface area contributed by atoms with Crippen molar-refractivity contribution in [2.75, 3.05) is 0 Å². The zero-order valence-corrected chi connectivity index (χ0v) is 9.41. The van der Waals surface area contributed by atoms with E-state index in [2.05, 4.69) is 15.9 Å². The quantitative estimate of drug-likeness (QED) is 0.665. The molecule has 0 aliphatic rings. The van der Waals surface area contributed by atoms with Gasteiger partial charge in [0.05, 0.1) is 0 Å². The number of halogens is 1. The normalized spacial score (nSPS) is 10.7. The predicted molar refractivity (Wildman–Crippen MR) is 60.5 cm³/mol. The van der Waals surface area contributed by atoms with E-state index in [0.717, 1.165) is 22.5 Å². The van der Waals surface area contributed by atoms with Crippen LogP contribution in [-0.4, -0.2) is 11.1 Å². The van der Waals surface area contributed by atoms with Gasteiger partial charge in [0.15, 0.2) is 0 Å². The molecule has 0 atom stereocenters. The molecule has 0 aliphatic heterocycles. The number of aryl methyl sites for hydroxylation is 1. The maximum Gasteiger partial charge on any atom is 0.328 e. The second-order valence-electron chi connectivity index (χ2n) is 3.00. The van der Waals surface area contributed by atoms with Gasteiger partial charge in [-0.15, -0.1) is 0 Å². The third kappa shape index (κ3) is 3.00. The molecule has 1 N–H and O–H groups in total. The summed E-state index contributed by atoms with van der Waals surface area (Å²) >= 11 is 3.37. The van der Waals surface area contributed by atoms with Gasteiger partial charge in [-0.05, 0) is 29.7 Å². The molecule has 74 valence electrons. The smallest absolute Gasteiger partial charge is 0.328 e. The molecule has 0 saturated carbocycles. The lowest BCUT2D eigenvalue weighted by atomic mass is 10.1. The van der Waals surface area contributed by atoms with Crippen LogP contribution in [0, 0.1) is 6.92 Å². The van der Waals surface area contributed by atoms with Gasteiger partial charge >= 0.3 is 5.97 Å². The highest BCUT2D eigenvalue weighted by molar-refractivity contribution is 9.08. The highest BCUT2D eigenvalue weighted by Crippen LogP contribution is 2.14. The minimum Gasteiger partial charge on any atom is -0.478 e. The lowest BCUT2D eigenvalue weighted by molar-refractivity contribution is -0.131. The van der Waals surface area contributed by atoms with Crippen molar-refractivity contribution < 1.29 is 9.90 Å². The summed E-state index contributed by atoms with van der Waals surface area (Å²) in [5.41, 5.74) is 3.21. The van der Waals surface area contributed by atoms with Gasteiger partial charge in [0.25, 0.3) is 0 Å². The van der Waals surface area contributed by atoms with Crippen LogP contribution in [0.15, 0.2) is 24.3 Å². The summed E-state index contributed by atoms with van der Waals surface area (Å²) in [6, 6.07) is 5.94. The average Bonchev–Trinajstić information content (AvgIpc) is 2.15. The van der Waals surface area contributed by atoms with Gasteiger partial charge in [-0.2, -0.15) is 0 Å². The van der Waals surface area contributed by atoms with Gasteiger partial charge in [0, 0.05) is 11.4 Å². The maximum absolute atomic E-state index is 10.3. The zero-order valence-electron chi connectivity index (χ0n) is 7.83. The molecule has 0 fully saturated rings. The molecular weight excluding hydrogens is 244 g/mol. The van der Waals surface area contributed by atoms with Gasteiger partial charge < -0.3 is 5.11 Å². The summed E-state index contributed by atoms with van der Waals surface area (Å²) in [6.07, 6.45) is 2.76.